The number of halogens is 2. The maximum atomic E-state index is 12.2. The molecule has 7 nitrogen and oxygen atoms in total. The molecule has 2 N–H and O–H groups in total. The Morgan fingerprint density at radius 1 is 1.38 bits per heavy atom. The van der Waals surface area contributed by atoms with Crippen molar-refractivity contribution in [1.82, 2.24) is 9.97 Å². The van der Waals surface area contributed by atoms with Crippen molar-refractivity contribution in [2.24, 2.45) is 0 Å². The molecule has 2 heterocycles. The molecule has 2 rings (SSSR count). The minimum absolute atomic E-state index is 0.00960. The van der Waals surface area contributed by atoms with Crippen LogP contribution in [0.2, 0.25) is 0 Å². The first-order valence-corrected chi connectivity index (χ1v) is 9.18. The number of nitrogens with zero attached hydrogens (tertiary/aromatic N) is 2. The van der Waals surface area contributed by atoms with E-state index in [4.69, 9.17) is 5.11 Å². The van der Waals surface area contributed by atoms with E-state index in [-0.39, 0.29) is 21.1 Å². The summed E-state index contributed by atoms with van der Waals surface area (Å²) in [4.78, 5) is 18.9. The van der Waals surface area contributed by atoms with Gasteiger partial charge in [-0.05, 0) is 44.0 Å². The maximum Gasteiger partial charge on any atom is 0.308 e. The third-order valence-electron chi connectivity index (χ3n) is 2.16. The van der Waals surface area contributed by atoms with Crippen LogP contribution in [-0.4, -0.2) is 29.5 Å². The molecule has 0 radical (unpaired) electrons. The van der Waals surface area contributed by atoms with Crippen molar-refractivity contribution in [3.05, 3.63) is 32.4 Å². The molecule has 2 aromatic heterocycles. The molecule has 0 aliphatic carbocycles. The van der Waals surface area contributed by atoms with E-state index in [0.29, 0.717) is 9.48 Å². The fourth-order valence-corrected chi connectivity index (χ4v) is 4.74. The van der Waals surface area contributed by atoms with Gasteiger partial charge in [0.2, 0.25) is 0 Å². The van der Waals surface area contributed by atoms with Crippen molar-refractivity contribution in [2.45, 2.75) is 10.6 Å². The fourth-order valence-electron chi connectivity index (χ4n) is 1.34. The van der Waals surface area contributed by atoms with E-state index in [0.717, 1.165) is 11.3 Å². The first-order valence-electron chi connectivity index (χ1n) is 5.29. The minimum atomic E-state index is -3.84. The molecule has 0 aliphatic rings. The normalized spacial score (nSPS) is 11.3. The number of rotatable bonds is 5. The number of sulfonamides is 1. The van der Waals surface area contributed by atoms with Crippen molar-refractivity contribution in [3.8, 4) is 0 Å². The van der Waals surface area contributed by atoms with Gasteiger partial charge in [-0.15, -0.1) is 11.3 Å². The van der Waals surface area contributed by atoms with Gasteiger partial charge in [-0.2, -0.15) is 0 Å². The zero-order chi connectivity index (χ0) is 15.6. The lowest BCUT2D eigenvalue weighted by Gasteiger charge is -2.06. The van der Waals surface area contributed by atoms with Crippen LogP contribution in [-0.2, 0) is 21.2 Å². The third-order valence-corrected chi connectivity index (χ3v) is 6.01. The highest BCUT2D eigenvalue weighted by molar-refractivity contribution is 9.11. The predicted molar refractivity (Wildman–Crippen MR) is 83.9 cm³/mol. The standard InChI is InChI=1S/C10H7Br2N3O4S2/c11-6-4-13-10(9(12)14-6)15-21(18,19)8-2-1-5(20-8)3-7(16)17/h1-2,4H,3H2,(H,13,15)(H,16,17). The van der Waals surface area contributed by atoms with Gasteiger partial charge in [-0.3, -0.25) is 9.52 Å². The van der Waals surface area contributed by atoms with Crippen LogP contribution >= 0.6 is 43.2 Å². The Kier molecular flexibility index (Phi) is 4.96. The van der Waals surface area contributed by atoms with Crippen molar-refractivity contribution in [2.75, 3.05) is 4.72 Å². The molecule has 0 saturated carbocycles. The number of anilines is 1. The monoisotopic (exact) mass is 455 g/mol. The van der Waals surface area contributed by atoms with Crippen LogP contribution in [0.1, 0.15) is 4.88 Å². The number of thiophene rings is 1. The zero-order valence-electron chi connectivity index (χ0n) is 10.1. The molecule has 0 unspecified atom stereocenters. The van der Waals surface area contributed by atoms with Gasteiger partial charge < -0.3 is 5.11 Å². The van der Waals surface area contributed by atoms with Crippen molar-refractivity contribution in [1.29, 1.82) is 0 Å². The highest BCUT2D eigenvalue weighted by Crippen LogP contribution is 2.26. The van der Waals surface area contributed by atoms with Crippen LogP contribution in [0.5, 0.6) is 0 Å². The van der Waals surface area contributed by atoms with Crippen LogP contribution in [0.25, 0.3) is 0 Å². The molecular formula is C10H7Br2N3O4S2. The number of nitrogens with one attached hydrogen (secondary N) is 1. The summed E-state index contributed by atoms with van der Waals surface area (Å²) < 4.78 is 27.4. The highest BCUT2D eigenvalue weighted by atomic mass is 79.9. The number of hydrogen-bond acceptors (Lipinski definition) is 6. The van der Waals surface area contributed by atoms with Gasteiger partial charge in [0, 0.05) is 4.88 Å². The quantitative estimate of drug-likeness (QED) is 0.715. The van der Waals surface area contributed by atoms with Gasteiger partial charge in [0.15, 0.2) is 10.4 Å². The summed E-state index contributed by atoms with van der Waals surface area (Å²) in [6.45, 7) is 0. The Morgan fingerprint density at radius 2 is 2.10 bits per heavy atom. The molecule has 0 amide bonds. The molecule has 0 bridgehead atoms. The molecule has 0 fully saturated rings. The summed E-state index contributed by atoms with van der Waals surface area (Å²) in [6.07, 6.45) is 1.13. The molecule has 0 aliphatic heterocycles. The van der Waals surface area contributed by atoms with Gasteiger partial charge in [-0.1, -0.05) is 0 Å². The number of carboxylic acids is 1. The predicted octanol–water partition coefficient (Wildman–Crippen LogP) is 2.49. The largest absolute Gasteiger partial charge is 0.481 e. The Labute approximate surface area is 140 Å². The molecule has 112 valence electrons. The van der Waals surface area contributed by atoms with Crippen LogP contribution in [0.3, 0.4) is 0 Å². The first-order chi connectivity index (χ1) is 9.78. The van der Waals surface area contributed by atoms with E-state index in [1.807, 2.05) is 0 Å². The summed E-state index contributed by atoms with van der Waals surface area (Å²) in [6, 6.07) is 2.82. The van der Waals surface area contributed by atoms with Crippen LogP contribution in [0.15, 0.2) is 31.7 Å². The molecule has 21 heavy (non-hydrogen) atoms. The Hall–Kier alpha value is -1.04. The fraction of sp³-hybridized carbons (Fsp3) is 0.100. The lowest BCUT2D eigenvalue weighted by Crippen LogP contribution is -2.13. The summed E-state index contributed by atoms with van der Waals surface area (Å²) in [5.41, 5.74) is 0. The molecule has 0 atom stereocenters. The molecule has 0 aromatic carbocycles. The third kappa shape index (κ3) is 4.22. The van der Waals surface area contributed by atoms with Gasteiger partial charge in [0.05, 0.1) is 12.6 Å². The Balaban J connectivity index is 2.25. The molecular weight excluding hydrogens is 450 g/mol. The summed E-state index contributed by atoms with van der Waals surface area (Å²) in [5, 5.41) is 8.69. The van der Waals surface area contributed by atoms with Gasteiger partial charge in [0.25, 0.3) is 10.0 Å². The lowest BCUT2D eigenvalue weighted by molar-refractivity contribution is -0.136. The minimum Gasteiger partial charge on any atom is -0.481 e. The van der Waals surface area contributed by atoms with Gasteiger partial charge in [0.1, 0.15) is 8.81 Å². The van der Waals surface area contributed by atoms with E-state index in [2.05, 4.69) is 46.5 Å². The summed E-state index contributed by atoms with van der Waals surface area (Å²) in [7, 11) is -3.84. The van der Waals surface area contributed by atoms with Gasteiger partial charge >= 0.3 is 5.97 Å². The molecule has 0 saturated heterocycles. The number of aromatic nitrogens is 2. The maximum absolute atomic E-state index is 12.2. The SMILES string of the molecule is O=C(O)Cc1ccc(S(=O)(=O)Nc2ncc(Br)nc2Br)s1. The number of carboxylic acid groups (broad SMARTS) is 1. The second-order valence-corrected chi connectivity index (χ2v) is 8.37. The number of aliphatic carboxylic acids is 1. The van der Waals surface area contributed by atoms with Crippen LogP contribution in [0.4, 0.5) is 5.82 Å². The van der Waals surface area contributed by atoms with E-state index < -0.39 is 16.0 Å². The smallest absolute Gasteiger partial charge is 0.308 e. The van der Waals surface area contributed by atoms with E-state index in [9.17, 15) is 13.2 Å². The Bertz CT molecular complexity index is 791. The number of hydrogen-bond donors (Lipinski definition) is 2. The average Bonchev–Trinajstić information content (AvgIpc) is 2.81. The van der Waals surface area contributed by atoms with Crippen LogP contribution in [0, 0.1) is 0 Å². The van der Waals surface area contributed by atoms with Crippen molar-refractivity contribution in [3.63, 3.8) is 0 Å². The first kappa shape index (κ1) is 16.3. The van der Waals surface area contributed by atoms with E-state index in [1.165, 1.54) is 18.3 Å². The molecule has 0 spiro atoms. The Morgan fingerprint density at radius 3 is 2.71 bits per heavy atom. The number of carbonyl (C=O) groups is 1. The van der Waals surface area contributed by atoms with E-state index >= 15 is 0 Å². The topological polar surface area (TPSA) is 109 Å². The van der Waals surface area contributed by atoms with Crippen LogP contribution < -0.4 is 4.72 Å². The van der Waals surface area contributed by atoms with E-state index in [1.54, 1.807) is 0 Å². The lowest BCUT2D eigenvalue weighted by atomic mass is 10.3. The second-order valence-electron chi connectivity index (χ2n) is 3.73. The second kappa shape index (κ2) is 6.38. The highest BCUT2D eigenvalue weighted by Gasteiger charge is 2.20. The molecule has 11 heteroatoms. The average molecular weight is 457 g/mol. The molecule has 2 aromatic rings. The van der Waals surface area contributed by atoms with Crippen molar-refractivity contribution < 1.29 is 18.3 Å². The summed E-state index contributed by atoms with van der Waals surface area (Å²) >= 11 is 7.11. The van der Waals surface area contributed by atoms with Crippen molar-refractivity contribution >= 4 is 65.0 Å². The summed E-state index contributed by atoms with van der Waals surface area (Å²) in [5.74, 6) is -0.971. The van der Waals surface area contributed by atoms with Gasteiger partial charge in [-0.25, -0.2) is 18.4 Å². The zero-order valence-corrected chi connectivity index (χ0v) is 14.9.